The summed E-state index contributed by atoms with van der Waals surface area (Å²) in [6.45, 7) is 5.96. The van der Waals surface area contributed by atoms with Crippen LogP contribution in [0.5, 0.6) is 0 Å². The Kier molecular flexibility index (Phi) is 7.75. The fraction of sp³-hybridized carbons (Fsp3) is 0.259. The second-order valence-electron chi connectivity index (χ2n) is 8.20. The van der Waals surface area contributed by atoms with Gasteiger partial charge in [-0.25, -0.2) is 0 Å². The van der Waals surface area contributed by atoms with Crippen molar-refractivity contribution in [3.8, 4) is 0 Å². The third-order valence-corrected chi connectivity index (χ3v) is 6.37. The van der Waals surface area contributed by atoms with Crippen molar-refractivity contribution in [1.82, 2.24) is 0 Å². The van der Waals surface area contributed by atoms with E-state index in [9.17, 15) is 9.59 Å². The Hall–Kier alpha value is -3.05. The highest BCUT2D eigenvalue weighted by molar-refractivity contribution is 7.99. The molecule has 166 valence electrons. The van der Waals surface area contributed by atoms with Crippen LogP contribution < -0.4 is 10.2 Å². The van der Waals surface area contributed by atoms with E-state index in [1.54, 1.807) is 23.7 Å². The van der Waals surface area contributed by atoms with Crippen LogP contribution in [0.1, 0.15) is 31.9 Å². The molecule has 0 saturated carbocycles. The molecule has 1 N–H and O–H groups in total. The highest BCUT2D eigenvalue weighted by atomic mass is 32.2. The van der Waals surface area contributed by atoms with Crippen molar-refractivity contribution in [2.45, 2.75) is 37.5 Å². The molecule has 0 radical (unpaired) electrons. The molecule has 0 aliphatic carbocycles. The number of likely N-dealkylation sites (N-methyl/N-ethyl adjacent to an activating group) is 1. The van der Waals surface area contributed by atoms with Crippen molar-refractivity contribution in [3.05, 3.63) is 90.0 Å². The molecule has 3 aromatic carbocycles. The lowest BCUT2D eigenvalue weighted by Gasteiger charge is -2.30. The maximum atomic E-state index is 13.2. The molecule has 0 spiro atoms. The van der Waals surface area contributed by atoms with E-state index in [1.807, 2.05) is 80.6 Å². The lowest BCUT2D eigenvalue weighted by molar-refractivity contribution is -0.122. The van der Waals surface area contributed by atoms with E-state index in [-0.39, 0.29) is 11.8 Å². The smallest absolute Gasteiger partial charge is 0.236 e. The average Bonchev–Trinajstić information content (AvgIpc) is 2.80. The molecule has 0 unspecified atom stereocenters. The van der Waals surface area contributed by atoms with E-state index in [4.69, 9.17) is 0 Å². The minimum absolute atomic E-state index is 0.00479. The molecular formula is C27H30N2O2S. The summed E-state index contributed by atoms with van der Waals surface area (Å²) in [5, 5.41) is 2.95. The first kappa shape index (κ1) is 23.6. The molecule has 3 rings (SSSR count). The highest BCUT2D eigenvalue weighted by Crippen LogP contribution is 2.28. The van der Waals surface area contributed by atoms with Crippen LogP contribution in [0.25, 0.3) is 0 Å². The van der Waals surface area contributed by atoms with Crippen LogP contribution in [0, 0.1) is 0 Å². The number of amides is 2. The summed E-state index contributed by atoms with van der Waals surface area (Å²) in [5.41, 5.74) is 2.75. The van der Waals surface area contributed by atoms with Crippen molar-refractivity contribution in [1.29, 1.82) is 0 Å². The number of benzene rings is 3. The summed E-state index contributed by atoms with van der Waals surface area (Å²) < 4.78 is 0. The van der Waals surface area contributed by atoms with Gasteiger partial charge >= 0.3 is 0 Å². The van der Waals surface area contributed by atoms with Crippen molar-refractivity contribution >= 4 is 35.0 Å². The second-order valence-corrected chi connectivity index (χ2v) is 9.54. The number of carbonyl (C=O) groups excluding carboxylic acids is 2. The van der Waals surface area contributed by atoms with Gasteiger partial charge in [-0.3, -0.25) is 9.59 Å². The topological polar surface area (TPSA) is 49.4 Å². The van der Waals surface area contributed by atoms with Gasteiger partial charge < -0.3 is 10.2 Å². The molecule has 0 aliphatic heterocycles. The molecule has 4 nitrogen and oxygen atoms in total. The second kappa shape index (κ2) is 10.5. The maximum absolute atomic E-state index is 13.2. The SMILES string of the molecule is CCSc1ccc(CC(=O)Nc2ccc(C(C)(C)C(=O)N(C)c3ccccc3)cc2)cc1. The lowest BCUT2D eigenvalue weighted by atomic mass is 9.83. The van der Waals surface area contributed by atoms with Crippen molar-refractivity contribution in [2.75, 3.05) is 23.0 Å². The molecule has 2 amide bonds. The van der Waals surface area contributed by atoms with Gasteiger partial charge in [0.15, 0.2) is 0 Å². The van der Waals surface area contributed by atoms with Gasteiger partial charge in [-0.1, -0.05) is 49.4 Å². The normalized spacial score (nSPS) is 11.1. The number of carbonyl (C=O) groups is 2. The van der Waals surface area contributed by atoms with Gasteiger partial charge in [-0.15, -0.1) is 11.8 Å². The van der Waals surface area contributed by atoms with Gasteiger partial charge in [-0.05, 0) is 67.1 Å². The predicted octanol–water partition coefficient (Wildman–Crippen LogP) is 5.92. The largest absolute Gasteiger partial charge is 0.326 e. The molecule has 5 heteroatoms. The van der Waals surface area contributed by atoms with Gasteiger partial charge in [-0.2, -0.15) is 0 Å². The third kappa shape index (κ3) is 5.80. The van der Waals surface area contributed by atoms with Gasteiger partial charge in [0.25, 0.3) is 0 Å². The molecule has 3 aromatic rings. The fourth-order valence-corrected chi connectivity index (χ4v) is 4.20. The monoisotopic (exact) mass is 446 g/mol. The van der Waals surface area contributed by atoms with E-state index in [2.05, 4.69) is 24.4 Å². The summed E-state index contributed by atoms with van der Waals surface area (Å²) in [7, 11) is 1.79. The number of hydrogen-bond acceptors (Lipinski definition) is 3. The standard InChI is InChI=1S/C27H30N2O2S/c1-5-32-24-17-11-20(12-18-24)19-25(30)28-22-15-13-21(14-16-22)27(2,3)26(31)29(4)23-9-7-6-8-10-23/h6-18H,5,19H2,1-4H3,(H,28,30). The van der Waals surface area contributed by atoms with Crippen LogP contribution in [0.3, 0.4) is 0 Å². The minimum Gasteiger partial charge on any atom is -0.326 e. The van der Waals surface area contributed by atoms with Gasteiger partial charge in [0.1, 0.15) is 0 Å². The Morgan fingerprint density at radius 3 is 2.12 bits per heavy atom. The van der Waals surface area contributed by atoms with E-state index in [0.717, 1.165) is 28.3 Å². The predicted molar refractivity (Wildman–Crippen MR) is 134 cm³/mol. The van der Waals surface area contributed by atoms with Crippen molar-refractivity contribution in [3.63, 3.8) is 0 Å². The summed E-state index contributed by atoms with van der Waals surface area (Å²) >= 11 is 1.78. The molecule has 0 fully saturated rings. The molecule has 0 aliphatic rings. The van der Waals surface area contributed by atoms with Crippen LogP contribution >= 0.6 is 11.8 Å². The fourth-order valence-electron chi connectivity index (χ4n) is 3.54. The van der Waals surface area contributed by atoms with Gasteiger partial charge in [0.05, 0.1) is 11.8 Å². The lowest BCUT2D eigenvalue weighted by Crippen LogP contribution is -2.41. The summed E-state index contributed by atoms with van der Waals surface area (Å²) in [4.78, 5) is 28.5. The molecule has 0 bridgehead atoms. The van der Waals surface area contributed by atoms with Crippen LogP contribution in [-0.2, 0) is 21.4 Å². The number of anilines is 2. The van der Waals surface area contributed by atoms with E-state index in [0.29, 0.717) is 6.42 Å². The van der Waals surface area contributed by atoms with E-state index >= 15 is 0 Å². The van der Waals surface area contributed by atoms with Gasteiger partial charge in [0.2, 0.25) is 11.8 Å². The molecule has 0 heterocycles. The van der Waals surface area contributed by atoms with Gasteiger partial charge in [0, 0.05) is 23.3 Å². The number of rotatable bonds is 8. The Morgan fingerprint density at radius 2 is 1.53 bits per heavy atom. The molecule has 0 atom stereocenters. The molecular weight excluding hydrogens is 416 g/mol. The van der Waals surface area contributed by atoms with Crippen LogP contribution in [-0.4, -0.2) is 24.6 Å². The Bertz CT molecular complexity index is 1050. The first-order chi connectivity index (χ1) is 15.3. The molecule has 32 heavy (non-hydrogen) atoms. The Morgan fingerprint density at radius 1 is 0.906 bits per heavy atom. The number of para-hydroxylation sites is 1. The number of nitrogens with zero attached hydrogens (tertiary/aromatic N) is 1. The summed E-state index contributed by atoms with van der Waals surface area (Å²) in [6, 6.07) is 25.2. The first-order valence-electron chi connectivity index (χ1n) is 10.8. The minimum atomic E-state index is -0.703. The number of thioether (sulfide) groups is 1. The molecule has 0 aromatic heterocycles. The highest BCUT2D eigenvalue weighted by Gasteiger charge is 2.32. The zero-order valence-electron chi connectivity index (χ0n) is 19.1. The Labute approximate surface area is 195 Å². The zero-order valence-corrected chi connectivity index (χ0v) is 19.9. The first-order valence-corrected chi connectivity index (χ1v) is 11.7. The van der Waals surface area contributed by atoms with Crippen LogP contribution in [0.4, 0.5) is 11.4 Å². The van der Waals surface area contributed by atoms with Crippen molar-refractivity contribution < 1.29 is 9.59 Å². The Balaban J connectivity index is 1.63. The number of hydrogen-bond donors (Lipinski definition) is 1. The van der Waals surface area contributed by atoms with E-state index < -0.39 is 5.41 Å². The quantitative estimate of drug-likeness (QED) is 0.437. The average molecular weight is 447 g/mol. The van der Waals surface area contributed by atoms with E-state index in [1.165, 1.54) is 4.90 Å². The van der Waals surface area contributed by atoms with Crippen LogP contribution in [0.2, 0.25) is 0 Å². The zero-order chi connectivity index (χ0) is 23.1. The molecule has 0 saturated heterocycles. The van der Waals surface area contributed by atoms with Crippen LogP contribution in [0.15, 0.2) is 83.8 Å². The maximum Gasteiger partial charge on any atom is 0.236 e. The summed E-state index contributed by atoms with van der Waals surface area (Å²) in [6.07, 6.45) is 0.324. The number of nitrogens with one attached hydrogen (secondary N) is 1. The summed E-state index contributed by atoms with van der Waals surface area (Å²) in [5.74, 6) is 0.971. The third-order valence-electron chi connectivity index (χ3n) is 5.47. The van der Waals surface area contributed by atoms with Crippen molar-refractivity contribution in [2.24, 2.45) is 0 Å².